The molecule has 0 bridgehead atoms. The van der Waals surface area contributed by atoms with Gasteiger partial charge in [0.15, 0.2) is 4.34 Å². The maximum absolute atomic E-state index is 4.14. The Kier molecular flexibility index (Phi) is 3.12. The first kappa shape index (κ1) is 10.3. The molecular weight excluding hydrogens is 230 g/mol. The summed E-state index contributed by atoms with van der Waals surface area (Å²) in [5.74, 6) is 0.800. The molecule has 0 amide bonds. The number of aromatic nitrogens is 4. The van der Waals surface area contributed by atoms with Crippen LogP contribution in [0.25, 0.3) is 0 Å². The van der Waals surface area contributed by atoms with E-state index in [-0.39, 0.29) is 0 Å². The molecule has 1 N–H and O–H groups in total. The normalized spacial score (nSPS) is 10.3. The molecule has 2 aromatic heterocycles. The first-order valence-corrected chi connectivity index (χ1v) is 5.89. The van der Waals surface area contributed by atoms with Gasteiger partial charge in [-0.15, -0.1) is 10.2 Å². The molecule has 2 aromatic rings. The summed E-state index contributed by atoms with van der Waals surface area (Å²) in [6, 6.07) is 1.88. The molecule has 0 fully saturated rings. The van der Waals surface area contributed by atoms with Crippen LogP contribution in [0.4, 0.5) is 5.82 Å². The zero-order valence-corrected chi connectivity index (χ0v) is 9.89. The predicted octanol–water partition coefficient (Wildman–Crippen LogP) is 1.83. The number of rotatable bonds is 3. The van der Waals surface area contributed by atoms with E-state index in [9.17, 15) is 0 Å². The van der Waals surface area contributed by atoms with Gasteiger partial charge in [-0.1, -0.05) is 11.3 Å². The molecule has 0 saturated heterocycles. The van der Waals surface area contributed by atoms with Crippen molar-refractivity contribution in [1.29, 1.82) is 0 Å². The molecule has 0 unspecified atom stereocenters. The van der Waals surface area contributed by atoms with Crippen LogP contribution < -0.4 is 5.32 Å². The van der Waals surface area contributed by atoms with Crippen molar-refractivity contribution in [3.8, 4) is 0 Å². The summed E-state index contributed by atoms with van der Waals surface area (Å²) in [5.41, 5.74) is 0. The Balaban J connectivity index is 2.16. The van der Waals surface area contributed by atoms with Crippen molar-refractivity contribution < 1.29 is 0 Å². The van der Waals surface area contributed by atoms with Crippen LogP contribution in [0.15, 0.2) is 21.8 Å². The van der Waals surface area contributed by atoms with Crippen LogP contribution in [0, 0.1) is 6.92 Å². The molecule has 0 radical (unpaired) electrons. The maximum atomic E-state index is 4.14. The van der Waals surface area contributed by atoms with Crippen molar-refractivity contribution in [3.63, 3.8) is 0 Å². The summed E-state index contributed by atoms with van der Waals surface area (Å²) in [4.78, 5) is 8.18. The van der Waals surface area contributed by atoms with Gasteiger partial charge in [0.25, 0.3) is 0 Å². The predicted molar refractivity (Wildman–Crippen MR) is 60.3 cm³/mol. The fraction of sp³-hybridized carbons (Fsp3) is 0.250. The fourth-order valence-electron chi connectivity index (χ4n) is 0.941. The number of hydrogen-bond donors (Lipinski definition) is 1. The summed E-state index contributed by atoms with van der Waals surface area (Å²) in [5, 5.41) is 12.7. The van der Waals surface area contributed by atoms with Gasteiger partial charge in [0.05, 0.1) is 0 Å². The van der Waals surface area contributed by atoms with Gasteiger partial charge in [0.2, 0.25) is 0 Å². The third kappa shape index (κ3) is 2.63. The van der Waals surface area contributed by atoms with Crippen molar-refractivity contribution in [3.05, 3.63) is 17.4 Å². The summed E-state index contributed by atoms with van der Waals surface area (Å²) < 4.78 is 0.897. The van der Waals surface area contributed by atoms with Gasteiger partial charge in [-0.2, -0.15) is 0 Å². The fourth-order valence-corrected chi connectivity index (χ4v) is 2.67. The molecule has 2 heterocycles. The van der Waals surface area contributed by atoms with Crippen molar-refractivity contribution in [2.24, 2.45) is 0 Å². The van der Waals surface area contributed by atoms with Gasteiger partial charge in [0.1, 0.15) is 22.2 Å². The van der Waals surface area contributed by atoms with Crippen LogP contribution in [0.1, 0.15) is 5.01 Å². The van der Waals surface area contributed by atoms with Crippen molar-refractivity contribution in [1.82, 2.24) is 20.2 Å². The Morgan fingerprint density at radius 1 is 1.33 bits per heavy atom. The number of nitrogens with one attached hydrogen (secondary N) is 1. The third-order valence-corrected chi connectivity index (χ3v) is 3.42. The average Bonchev–Trinajstić information content (AvgIpc) is 2.64. The van der Waals surface area contributed by atoms with Crippen molar-refractivity contribution >= 4 is 28.9 Å². The molecule has 2 rings (SSSR count). The lowest BCUT2D eigenvalue weighted by atomic mass is 10.6. The van der Waals surface area contributed by atoms with Crippen LogP contribution in [0.3, 0.4) is 0 Å². The van der Waals surface area contributed by atoms with Crippen LogP contribution in [0.2, 0.25) is 0 Å². The zero-order chi connectivity index (χ0) is 10.7. The van der Waals surface area contributed by atoms with E-state index in [4.69, 9.17) is 0 Å². The largest absolute Gasteiger partial charge is 0.373 e. The van der Waals surface area contributed by atoms with E-state index in [1.54, 1.807) is 11.3 Å². The van der Waals surface area contributed by atoms with E-state index in [1.165, 1.54) is 18.1 Å². The lowest BCUT2D eigenvalue weighted by molar-refractivity contribution is 0.977. The Morgan fingerprint density at radius 3 is 2.87 bits per heavy atom. The van der Waals surface area contributed by atoms with E-state index in [0.29, 0.717) is 0 Å². The minimum atomic E-state index is 0.800. The summed E-state index contributed by atoms with van der Waals surface area (Å²) >= 11 is 3.05. The van der Waals surface area contributed by atoms with Crippen LogP contribution in [-0.2, 0) is 0 Å². The van der Waals surface area contributed by atoms with Gasteiger partial charge < -0.3 is 5.32 Å². The Morgan fingerprint density at radius 2 is 2.20 bits per heavy atom. The second kappa shape index (κ2) is 4.54. The molecule has 0 atom stereocenters. The lowest BCUT2D eigenvalue weighted by Gasteiger charge is -1.99. The van der Waals surface area contributed by atoms with Crippen LogP contribution in [0.5, 0.6) is 0 Å². The van der Waals surface area contributed by atoms with Gasteiger partial charge >= 0.3 is 0 Å². The summed E-state index contributed by atoms with van der Waals surface area (Å²) in [7, 11) is 1.83. The molecule has 0 aromatic carbocycles. The molecular formula is C8H9N5S2. The van der Waals surface area contributed by atoms with E-state index < -0.39 is 0 Å². The van der Waals surface area contributed by atoms with Crippen molar-refractivity contribution in [2.45, 2.75) is 16.3 Å². The minimum Gasteiger partial charge on any atom is -0.373 e. The minimum absolute atomic E-state index is 0.800. The van der Waals surface area contributed by atoms with E-state index in [1.807, 2.05) is 20.0 Å². The van der Waals surface area contributed by atoms with Crippen molar-refractivity contribution in [2.75, 3.05) is 12.4 Å². The van der Waals surface area contributed by atoms with E-state index in [0.717, 1.165) is 20.2 Å². The molecule has 0 spiro atoms. The monoisotopic (exact) mass is 239 g/mol. The van der Waals surface area contributed by atoms with E-state index >= 15 is 0 Å². The number of aryl methyl sites for hydroxylation is 1. The number of nitrogens with zero attached hydrogens (tertiary/aromatic N) is 4. The van der Waals surface area contributed by atoms with Gasteiger partial charge in [-0.05, 0) is 18.7 Å². The second-order valence-corrected chi connectivity index (χ2v) is 5.13. The molecule has 0 saturated carbocycles. The zero-order valence-electron chi connectivity index (χ0n) is 8.26. The highest BCUT2D eigenvalue weighted by atomic mass is 32.2. The quantitative estimate of drug-likeness (QED) is 0.824. The molecule has 5 nitrogen and oxygen atoms in total. The second-order valence-electron chi connectivity index (χ2n) is 2.68. The first-order chi connectivity index (χ1) is 7.28. The number of anilines is 1. The average molecular weight is 239 g/mol. The molecule has 7 heteroatoms. The topological polar surface area (TPSA) is 63.6 Å². The van der Waals surface area contributed by atoms with Gasteiger partial charge in [-0.25, -0.2) is 9.97 Å². The lowest BCUT2D eigenvalue weighted by Crippen LogP contribution is -1.93. The smallest absolute Gasteiger partial charge is 0.180 e. The highest BCUT2D eigenvalue weighted by Gasteiger charge is 2.04. The molecule has 0 aliphatic rings. The van der Waals surface area contributed by atoms with Crippen LogP contribution >= 0.6 is 23.1 Å². The van der Waals surface area contributed by atoms with Crippen LogP contribution in [-0.4, -0.2) is 27.2 Å². The van der Waals surface area contributed by atoms with Gasteiger partial charge in [-0.3, -0.25) is 0 Å². The van der Waals surface area contributed by atoms with E-state index in [2.05, 4.69) is 25.5 Å². The third-order valence-electron chi connectivity index (χ3n) is 1.60. The molecule has 0 aliphatic carbocycles. The first-order valence-electron chi connectivity index (χ1n) is 4.25. The Labute approximate surface area is 95.4 Å². The SMILES string of the molecule is CNc1cc(Sc2nnc(C)s2)ncn1. The molecule has 0 aliphatic heterocycles. The molecule has 15 heavy (non-hydrogen) atoms. The molecule has 78 valence electrons. The number of hydrogen-bond acceptors (Lipinski definition) is 7. The summed E-state index contributed by atoms with van der Waals surface area (Å²) in [6.07, 6.45) is 1.53. The Bertz CT molecular complexity index is 456. The highest BCUT2D eigenvalue weighted by Crippen LogP contribution is 2.28. The van der Waals surface area contributed by atoms with Gasteiger partial charge in [0, 0.05) is 13.1 Å². The summed E-state index contributed by atoms with van der Waals surface area (Å²) in [6.45, 7) is 1.93. The maximum Gasteiger partial charge on any atom is 0.180 e. The Hall–Kier alpha value is -1.21. The highest BCUT2D eigenvalue weighted by molar-refractivity contribution is 8.01. The standard InChI is InChI=1S/C8H9N5S2/c1-5-12-13-8(14-5)15-7-3-6(9-2)10-4-11-7/h3-4H,1-2H3,(H,9,10,11).